The number of nitrogens with zero attached hydrogens (tertiary/aromatic N) is 1. The Hall–Kier alpha value is -1.88. The molecule has 1 aromatic carbocycles. The number of hydrogen-bond acceptors (Lipinski definition) is 4. The number of likely N-dealkylation sites (N-methyl/N-ethyl adjacent to an activating group) is 1. The van der Waals surface area contributed by atoms with Crippen LogP contribution >= 0.6 is 0 Å². The van der Waals surface area contributed by atoms with Crippen LogP contribution < -0.4 is 5.32 Å². The highest BCUT2D eigenvalue weighted by Gasteiger charge is 2.21. The van der Waals surface area contributed by atoms with Crippen molar-refractivity contribution in [1.29, 1.82) is 0 Å². The minimum absolute atomic E-state index is 0.0305. The zero-order chi connectivity index (χ0) is 13.8. The van der Waals surface area contributed by atoms with Crippen molar-refractivity contribution in [1.82, 2.24) is 10.2 Å². The summed E-state index contributed by atoms with van der Waals surface area (Å²) in [5.74, 6) is -0.550. The van der Waals surface area contributed by atoms with Crippen molar-refractivity contribution in [2.75, 3.05) is 27.2 Å². The zero-order valence-electron chi connectivity index (χ0n) is 11.2. The maximum Gasteiger partial charge on any atom is 0.325 e. The second kappa shape index (κ2) is 5.84. The molecule has 5 heteroatoms. The van der Waals surface area contributed by atoms with Gasteiger partial charge in [0.05, 0.1) is 7.11 Å². The van der Waals surface area contributed by atoms with Crippen molar-refractivity contribution in [3.8, 4) is 0 Å². The third-order valence-electron chi connectivity index (χ3n) is 3.31. The van der Waals surface area contributed by atoms with Gasteiger partial charge in [0.2, 0.25) is 0 Å². The molecule has 102 valence electrons. The van der Waals surface area contributed by atoms with Gasteiger partial charge in [-0.05, 0) is 30.2 Å². The van der Waals surface area contributed by atoms with Crippen LogP contribution in [0.5, 0.6) is 0 Å². The molecule has 1 aromatic rings. The normalized spacial score (nSPS) is 13.6. The number of amides is 1. The van der Waals surface area contributed by atoms with Crippen LogP contribution in [0.3, 0.4) is 0 Å². The highest BCUT2D eigenvalue weighted by molar-refractivity contribution is 5.97. The van der Waals surface area contributed by atoms with E-state index in [4.69, 9.17) is 0 Å². The molecule has 0 aliphatic carbocycles. The molecule has 0 radical (unpaired) electrons. The van der Waals surface area contributed by atoms with E-state index < -0.39 is 5.97 Å². The summed E-state index contributed by atoms with van der Waals surface area (Å²) < 4.78 is 4.58. The maximum absolute atomic E-state index is 12.4. The first-order chi connectivity index (χ1) is 9.13. The van der Waals surface area contributed by atoms with Crippen LogP contribution in [-0.2, 0) is 22.5 Å². The third kappa shape index (κ3) is 2.93. The van der Waals surface area contributed by atoms with Crippen LogP contribution in [0.1, 0.15) is 21.5 Å². The Balaban J connectivity index is 2.21. The number of nitrogens with one attached hydrogen (secondary N) is 1. The summed E-state index contributed by atoms with van der Waals surface area (Å²) in [6.45, 7) is 1.63. The Labute approximate surface area is 112 Å². The Morgan fingerprint density at radius 1 is 1.42 bits per heavy atom. The second-order valence-electron chi connectivity index (χ2n) is 4.61. The number of hydrogen-bond donors (Lipinski definition) is 1. The number of methoxy groups -OCH3 is 1. The van der Waals surface area contributed by atoms with E-state index in [-0.39, 0.29) is 12.5 Å². The lowest BCUT2D eigenvalue weighted by Crippen LogP contribution is -2.34. The minimum atomic E-state index is -0.415. The predicted octanol–water partition coefficient (Wildman–Crippen LogP) is 0.577. The maximum atomic E-state index is 12.4. The fourth-order valence-electron chi connectivity index (χ4n) is 2.27. The van der Waals surface area contributed by atoms with Gasteiger partial charge in [0.25, 0.3) is 5.91 Å². The van der Waals surface area contributed by atoms with Gasteiger partial charge in [0, 0.05) is 19.2 Å². The second-order valence-corrected chi connectivity index (χ2v) is 4.61. The zero-order valence-corrected chi connectivity index (χ0v) is 11.2. The van der Waals surface area contributed by atoms with Crippen LogP contribution in [0.15, 0.2) is 18.2 Å². The fourth-order valence-corrected chi connectivity index (χ4v) is 2.27. The molecule has 1 aliphatic heterocycles. The monoisotopic (exact) mass is 262 g/mol. The van der Waals surface area contributed by atoms with Crippen LogP contribution in [0.25, 0.3) is 0 Å². The number of fused-ring (bicyclic) bond motifs is 1. The van der Waals surface area contributed by atoms with Crippen LogP contribution in [0.4, 0.5) is 0 Å². The Kier molecular flexibility index (Phi) is 4.16. The number of rotatable bonds is 3. The van der Waals surface area contributed by atoms with Crippen molar-refractivity contribution in [2.45, 2.75) is 13.0 Å². The summed E-state index contributed by atoms with van der Waals surface area (Å²) in [6.07, 6.45) is 0.837. The van der Waals surface area contributed by atoms with Gasteiger partial charge in [-0.25, -0.2) is 0 Å². The first-order valence-corrected chi connectivity index (χ1v) is 6.27. The van der Waals surface area contributed by atoms with Gasteiger partial charge in [-0.3, -0.25) is 9.59 Å². The molecule has 0 atom stereocenters. The first kappa shape index (κ1) is 13.5. The third-order valence-corrected chi connectivity index (χ3v) is 3.31. The van der Waals surface area contributed by atoms with Crippen molar-refractivity contribution in [3.05, 3.63) is 34.9 Å². The van der Waals surface area contributed by atoms with Gasteiger partial charge in [-0.15, -0.1) is 0 Å². The molecule has 0 fully saturated rings. The van der Waals surface area contributed by atoms with E-state index in [0.29, 0.717) is 5.56 Å². The largest absolute Gasteiger partial charge is 0.468 e. The summed E-state index contributed by atoms with van der Waals surface area (Å²) >= 11 is 0. The molecule has 5 nitrogen and oxygen atoms in total. The predicted molar refractivity (Wildman–Crippen MR) is 70.8 cm³/mol. The van der Waals surface area contributed by atoms with E-state index in [0.717, 1.165) is 30.6 Å². The van der Waals surface area contributed by atoms with Crippen LogP contribution in [0, 0.1) is 0 Å². The van der Waals surface area contributed by atoms with Crippen LogP contribution in [0.2, 0.25) is 0 Å². The van der Waals surface area contributed by atoms with Gasteiger partial charge in [-0.2, -0.15) is 0 Å². The molecular formula is C14H18N2O3. The summed E-state index contributed by atoms with van der Waals surface area (Å²) in [5.41, 5.74) is 2.93. The smallest absolute Gasteiger partial charge is 0.325 e. The number of esters is 1. The molecule has 0 unspecified atom stereocenters. The molecule has 1 aliphatic rings. The molecule has 0 aromatic heterocycles. The minimum Gasteiger partial charge on any atom is -0.468 e. The first-order valence-electron chi connectivity index (χ1n) is 6.27. The fraction of sp³-hybridized carbons (Fsp3) is 0.429. The lowest BCUT2D eigenvalue weighted by atomic mass is 9.95. The molecule has 0 saturated heterocycles. The van der Waals surface area contributed by atoms with Gasteiger partial charge < -0.3 is 15.0 Å². The van der Waals surface area contributed by atoms with Gasteiger partial charge in [0.15, 0.2) is 0 Å². The van der Waals surface area contributed by atoms with E-state index in [1.54, 1.807) is 7.05 Å². The molecule has 1 heterocycles. The van der Waals surface area contributed by atoms with Crippen molar-refractivity contribution in [2.24, 2.45) is 0 Å². The van der Waals surface area contributed by atoms with Gasteiger partial charge in [-0.1, -0.05) is 12.1 Å². The summed E-state index contributed by atoms with van der Waals surface area (Å²) in [7, 11) is 2.93. The van der Waals surface area contributed by atoms with E-state index >= 15 is 0 Å². The Morgan fingerprint density at radius 3 is 2.95 bits per heavy atom. The number of ether oxygens (including phenoxy) is 1. The van der Waals surface area contributed by atoms with Crippen molar-refractivity contribution < 1.29 is 14.3 Å². The Bertz CT molecular complexity index is 499. The Morgan fingerprint density at radius 2 is 2.21 bits per heavy atom. The number of benzene rings is 1. The lowest BCUT2D eigenvalue weighted by molar-refractivity contribution is -0.141. The van der Waals surface area contributed by atoms with Crippen molar-refractivity contribution >= 4 is 11.9 Å². The number of carbonyl (C=O) groups is 2. The average molecular weight is 262 g/mol. The average Bonchev–Trinajstić information content (AvgIpc) is 2.45. The molecule has 0 spiro atoms. The van der Waals surface area contributed by atoms with Gasteiger partial charge in [0.1, 0.15) is 6.54 Å². The van der Waals surface area contributed by atoms with Gasteiger partial charge >= 0.3 is 5.97 Å². The highest BCUT2D eigenvalue weighted by atomic mass is 16.5. The summed E-state index contributed by atoms with van der Waals surface area (Å²) in [6, 6.07) is 5.73. The molecule has 0 saturated carbocycles. The molecule has 1 N–H and O–H groups in total. The van der Waals surface area contributed by atoms with E-state index in [1.807, 2.05) is 18.2 Å². The topological polar surface area (TPSA) is 58.6 Å². The summed E-state index contributed by atoms with van der Waals surface area (Å²) in [5, 5.41) is 3.28. The quantitative estimate of drug-likeness (QED) is 0.809. The van der Waals surface area contributed by atoms with E-state index in [1.165, 1.54) is 12.0 Å². The molecule has 1 amide bonds. The standard InChI is InChI=1S/C14H18N2O3/c1-16(9-13(17)19-2)14(18)12-5-3-4-10-8-15-7-6-11(10)12/h3-5,15H,6-9H2,1-2H3. The van der Waals surface area contributed by atoms with Crippen molar-refractivity contribution in [3.63, 3.8) is 0 Å². The number of carbonyl (C=O) groups excluding carboxylic acids is 2. The van der Waals surface area contributed by atoms with E-state index in [9.17, 15) is 9.59 Å². The molecule has 19 heavy (non-hydrogen) atoms. The summed E-state index contributed by atoms with van der Waals surface area (Å²) in [4.78, 5) is 25.0. The molecule has 2 rings (SSSR count). The molecule has 0 bridgehead atoms. The SMILES string of the molecule is COC(=O)CN(C)C(=O)c1cccc2c1CCNC2. The highest BCUT2D eigenvalue weighted by Crippen LogP contribution is 2.19. The lowest BCUT2D eigenvalue weighted by Gasteiger charge is -2.22. The van der Waals surface area contributed by atoms with E-state index in [2.05, 4.69) is 10.1 Å². The molecular weight excluding hydrogens is 244 g/mol. The van der Waals surface area contributed by atoms with Crippen LogP contribution in [-0.4, -0.2) is 44.0 Å².